The molecular weight excluding hydrogens is 354 g/mol. The molecule has 0 spiro atoms. The van der Waals surface area contributed by atoms with Gasteiger partial charge in [-0.25, -0.2) is 4.68 Å². The Morgan fingerprint density at radius 3 is 2.64 bits per heavy atom. The normalized spacial score (nSPS) is 16.5. The second-order valence-corrected chi connectivity index (χ2v) is 6.78. The zero-order valence-corrected chi connectivity index (χ0v) is 15.6. The van der Waals surface area contributed by atoms with E-state index in [0.717, 1.165) is 36.6 Å². The number of carbonyl (C=O) groups is 1. The minimum atomic E-state index is -0.156. The molecule has 28 heavy (non-hydrogen) atoms. The van der Waals surface area contributed by atoms with Gasteiger partial charge >= 0.3 is 0 Å². The van der Waals surface area contributed by atoms with Gasteiger partial charge in [0.25, 0.3) is 5.91 Å². The average Bonchev–Trinajstić information content (AvgIpc) is 3.29. The largest absolute Gasteiger partial charge is 0.491 e. The van der Waals surface area contributed by atoms with Gasteiger partial charge in [-0.1, -0.05) is 0 Å². The Bertz CT molecular complexity index is 884. The van der Waals surface area contributed by atoms with E-state index in [9.17, 15) is 4.79 Å². The van der Waals surface area contributed by atoms with Crippen molar-refractivity contribution >= 4 is 11.6 Å². The third-order valence-corrected chi connectivity index (χ3v) is 4.72. The minimum Gasteiger partial charge on any atom is -0.491 e. The molecule has 2 heterocycles. The van der Waals surface area contributed by atoms with E-state index >= 15 is 0 Å². The lowest BCUT2D eigenvalue weighted by Crippen LogP contribution is -2.25. The number of hydrogen-bond donors (Lipinski definition) is 1. The van der Waals surface area contributed by atoms with Crippen LogP contribution < -0.4 is 10.1 Å². The van der Waals surface area contributed by atoms with Crippen LogP contribution in [0.15, 0.2) is 67.0 Å². The fourth-order valence-electron chi connectivity index (χ4n) is 3.15. The van der Waals surface area contributed by atoms with Gasteiger partial charge in [0.15, 0.2) is 0 Å². The quantitative estimate of drug-likeness (QED) is 0.703. The van der Waals surface area contributed by atoms with Crippen molar-refractivity contribution < 1.29 is 14.3 Å². The summed E-state index contributed by atoms with van der Waals surface area (Å²) in [7, 11) is 0. The highest BCUT2D eigenvalue weighted by Gasteiger charge is 2.14. The molecule has 6 nitrogen and oxygen atoms in total. The Labute approximate surface area is 164 Å². The number of nitrogens with zero attached hydrogens (tertiary/aromatic N) is 2. The van der Waals surface area contributed by atoms with Gasteiger partial charge < -0.3 is 14.8 Å². The number of carbonyl (C=O) groups excluding carboxylic acids is 1. The SMILES string of the molecule is O=C(Nc1ccc(OCC2CCCCO2)cc1)c1ccc(-n2cccn2)cc1. The van der Waals surface area contributed by atoms with Crippen molar-refractivity contribution in [1.29, 1.82) is 0 Å². The third kappa shape index (κ3) is 4.58. The van der Waals surface area contributed by atoms with Crippen LogP contribution in [0.4, 0.5) is 5.69 Å². The van der Waals surface area contributed by atoms with E-state index < -0.39 is 0 Å². The maximum atomic E-state index is 12.4. The summed E-state index contributed by atoms with van der Waals surface area (Å²) in [6.07, 6.45) is 7.14. The number of rotatable bonds is 6. The Morgan fingerprint density at radius 1 is 1.14 bits per heavy atom. The van der Waals surface area contributed by atoms with Crippen LogP contribution in [0.5, 0.6) is 5.75 Å². The van der Waals surface area contributed by atoms with E-state index in [1.54, 1.807) is 23.0 Å². The fraction of sp³-hybridized carbons (Fsp3) is 0.273. The van der Waals surface area contributed by atoms with Crippen molar-refractivity contribution in [3.8, 4) is 11.4 Å². The molecule has 1 fully saturated rings. The monoisotopic (exact) mass is 377 g/mol. The second-order valence-electron chi connectivity index (χ2n) is 6.78. The van der Waals surface area contributed by atoms with E-state index in [1.165, 1.54) is 6.42 Å². The summed E-state index contributed by atoms with van der Waals surface area (Å²) in [6, 6.07) is 16.6. The first-order valence-corrected chi connectivity index (χ1v) is 9.54. The van der Waals surface area contributed by atoms with Gasteiger partial charge in [-0.3, -0.25) is 4.79 Å². The maximum absolute atomic E-state index is 12.4. The fourth-order valence-corrected chi connectivity index (χ4v) is 3.15. The molecular formula is C22H23N3O3. The number of anilines is 1. The van der Waals surface area contributed by atoms with Gasteiger partial charge in [0.2, 0.25) is 0 Å². The Kier molecular flexibility index (Phi) is 5.68. The first kappa shape index (κ1) is 18.3. The van der Waals surface area contributed by atoms with E-state index in [4.69, 9.17) is 9.47 Å². The molecule has 1 atom stereocenters. The summed E-state index contributed by atoms with van der Waals surface area (Å²) in [6.45, 7) is 1.39. The summed E-state index contributed by atoms with van der Waals surface area (Å²) in [5, 5.41) is 7.08. The highest BCUT2D eigenvalue weighted by molar-refractivity contribution is 6.04. The van der Waals surface area contributed by atoms with Crippen molar-refractivity contribution in [2.45, 2.75) is 25.4 Å². The molecule has 1 amide bonds. The lowest BCUT2D eigenvalue weighted by Gasteiger charge is -2.22. The molecule has 4 rings (SSSR count). The zero-order valence-electron chi connectivity index (χ0n) is 15.6. The third-order valence-electron chi connectivity index (χ3n) is 4.72. The lowest BCUT2D eigenvalue weighted by molar-refractivity contribution is -0.0110. The van der Waals surface area contributed by atoms with Gasteiger partial charge in [0, 0.05) is 30.3 Å². The number of amides is 1. The summed E-state index contributed by atoms with van der Waals surface area (Å²) in [5.74, 6) is 0.618. The molecule has 1 unspecified atom stereocenters. The molecule has 2 aromatic carbocycles. The van der Waals surface area contributed by atoms with Gasteiger partial charge in [-0.15, -0.1) is 0 Å². The van der Waals surface area contributed by atoms with Crippen LogP contribution in [0.3, 0.4) is 0 Å². The lowest BCUT2D eigenvalue weighted by atomic mass is 10.1. The van der Waals surface area contributed by atoms with E-state index in [1.807, 2.05) is 48.7 Å². The summed E-state index contributed by atoms with van der Waals surface area (Å²) >= 11 is 0. The molecule has 1 aliphatic heterocycles. The minimum absolute atomic E-state index is 0.156. The molecule has 0 bridgehead atoms. The molecule has 1 saturated heterocycles. The van der Waals surface area contributed by atoms with E-state index in [0.29, 0.717) is 12.2 Å². The number of aromatic nitrogens is 2. The molecule has 1 aliphatic rings. The number of ether oxygens (including phenoxy) is 2. The molecule has 6 heteroatoms. The van der Waals surface area contributed by atoms with Crippen LogP contribution in [0.2, 0.25) is 0 Å². The van der Waals surface area contributed by atoms with Crippen molar-refractivity contribution in [1.82, 2.24) is 9.78 Å². The van der Waals surface area contributed by atoms with Gasteiger partial charge in [-0.2, -0.15) is 5.10 Å². The van der Waals surface area contributed by atoms with Crippen molar-refractivity contribution in [2.24, 2.45) is 0 Å². The topological polar surface area (TPSA) is 65.4 Å². The van der Waals surface area contributed by atoms with Crippen LogP contribution in [0.25, 0.3) is 5.69 Å². The summed E-state index contributed by atoms with van der Waals surface area (Å²) < 4.78 is 13.2. The highest BCUT2D eigenvalue weighted by atomic mass is 16.5. The Balaban J connectivity index is 1.31. The summed E-state index contributed by atoms with van der Waals surface area (Å²) in [4.78, 5) is 12.4. The van der Waals surface area contributed by atoms with Crippen molar-refractivity contribution in [3.05, 3.63) is 72.6 Å². The van der Waals surface area contributed by atoms with Crippen molar-refractivity contribution in [2.75, 3.05) is 18.5 Å². The molecule has 1 N–H and O–H groups in total. The van der Waals surface area contributed by atoms with Crippen LogP contribution in [-0.4, -0.2) is 35.0 Å². The maximum Gasteiger partial charge on any atom is 0.255 e. The van der Waals surface area contributed by atoms with Gasteiger partial charge in [0.05, 0.1) is 11.8 Å². The zero-order chi connectivity index (χ0) is 19.2. The van der Waals surface area contributed by atoms with Crippen LogP contribution in [-0.2, 0) is 4.74 Å². The smallest absolute Gasteiger partial charge is 0.255 e. The second kappa shape index (κ2) is 8.71. The van der Waals surface area contributed by atoms with Crippen LogP contribution in [0.1, 0.15) is 29.6 Å². The van der Waals surface area contributed by atoms with Crippen LogP contribution >= 0.6 is 0 Å². The predicted molar refractivity (Wildman–Crippen MR) is 107 cm³/mol. The van der Waals surface area contributed by atoms with E-state index in [2.05, 4.69) is 10.4 Å². The van der Waals surface area contributed by atoms with Crippen LogP contribution in [0, 0.1) is 0 Å². The molecule has 3 aromatic rings. The Morgan fingerprint density at radius 2 is 1.96 bits per heavy atom. The predicted octanol–water partition coefficient (Wildman–Crippen LogP) is 4.07. The highest BCUT2D eigenvalue weighted by Crippen LogP contribution is 2.19. The van der Waals surface area contributed by atoms with Gasteiger partial charge in [0.1, 0.15) is 12.4 Å². The molecule has 1 aromatic heterocycles. The van der Waals surface area contributed by atoms with Gasteiger partial charge in [-0.05, 0) is 73.9 Å². The number of benzene rings is 2. The Hall–Kier alpha value is -3.12. The number of hydrogen-bond acceptors (Lipinski definition) is 4. The van der Waals surface area contributed by atoms with E-state index in [-0.39, 0.29) is 12.0 Å². The standard InChI is InChI=1S/C22H23N3O3/c26-22(17-5-9-19(10-6-17)25-14-3-13-23-25)24-18-7-11-20(12-8-18)28-16-21-4-1-2-15-27-21/h3,5-14,21H,1-2,4,15-16H2,(H,24,26). The molecule has 0 radical (unpaired) electrons. The molecule has 144 valence electrons. The number of nitrogens with one attached hydrogen (secondary N) is 1. The average molecular weight is 377 g/mol. The molecule has 0 aliphatic carbocycles. The molecule has 0 saturated carbocycles. The summed E-state index contributed by atoms with van der Waals surface area (Å²) in [5.41, 5.74) is 2.22. The first-order chi connectivity index (χ1) is 13.8. The first-order valence-electron chi connectivity index (χ1n) is 9.54. The van der Waals surface area contributed by atoms with Crippen molar-refractivity contribution in [3.63, 3.8) is 0 Å².